The number of rotatable bonds is 6. The summed E-state index contributed by atoms with van der Waals surface area (Å²) in [6, 6.07) is 13.8. The molecule has 5 rings (SSSR count). The highest BCUT2D eigenvalue weighted by Crippen LogP contribution is 2.21. The lowest BCUT2D eigenvalue weighted by atomic mass is 10.2. The summed E-state index contributed by atoms with van der Waals surface area (Å²) in [7, 11) is 0. The van der Waals surface area contributed by atoms with Gasteiger partial charge in [-0.1, -0.05) is 24.3 Å². The van der Waals surface area contributed by atoms with Crippen molar-refractivity contribution in [3.05, 3.63) is 81.2 Å². The Morgan fingerprint density at radius 2 is 1.73 bits per heavy atom. The van der Waals surface area contributed by atoms with E-state index in [0.717, 1.165) is 33.1 Å². The first-order chi connectivity index (χ1) is 15.9. The predicted molar refractivity (Wildman–Crippen MR) is 127 cm³/mol. The fourth-order valence-corrected chi connectivity index (χ4v) is 4.52. The second kappa shape index (κ2) is 8.67. The highest BCUT2D eigenvalue weighted by atomic mass is 32.1. The van der Waals surface area contributed by atoms with Gasteiger partial charge in [0.05, 0.1) is 28.3 Å². The molecular weight excluding hydrogens is 434 g/mol. The Labute approximate surface area is 195 Å². The van der Waals surface area contributed by atoms with E-state index >= 15 is 0 Å². The molecule has 0 spiro atoms. The number of hydrogen-bond acceptors (Lipinski definition) is 8. The molecular formula is C24H23N7OS. The van der Waals surface area contributed by atoms with Gasteiger partial charge in [-0.15, -0.1) is 16.4 Å². The molecule has 0 aliphatic heterocycles. The third-order valence-electron chi connectivity index (χ3n) is 5.15. The molecule has 0 amide bonds. The molecule has 0 fully saturated rings. The smallest absolute Gasteiger partial charge is 0.219 e. The molecule has 33 heavy (non-hydrogen) atoms. The van der Waals surface area contributed by atoms with Gasteiger partial charge in [-0.05, 0) is 39.8 Å². The molecule has 0 unspecified atom stereocenters. The maximum Gasteiger partial charge on any atom is 0.219 e. The standard InChI is InChI=1S/C24H23N7OS/c1-14-21(28-17(4)33-14)11-22-26-16(3)30-31(22)23-12-24(27-15(2)25-23)32-13-19-10-9-18-7-5-6-8-20(18)29-19/h5-10,12H,11,13H2,1-4H3. The van der Waals surface area contributed by atoms with E-state index in [1.165, 1.54) is 4.88 Å². The Kier molecular flexibility index (Phi) is 5.55. The molecule has 4 aromatic heterocycles. The topological polar surface area (TPSA) is 91.5 Å². The van der Waals surface area contributed by atoms with Crippen molar-refractivity contribution in [2.75, 3.05) is 0 Å². The summed E-state index contributed by atoms with van der Waals surface area (Å²) in [4.78, 5) is 24.1. The molecule has 0 aliphatic carbocycles. The lowest BCUT2D eigenvalue weighted by Crippen LogP contribution is -2.09. The summed E-state index contributed by atoms with van der Waals surface area (Å²) >= 11 is 1.69. The molecule has 0 saturated carbocycles. The Morgan fingerprint density at radius 3 is 2.55 bits per heavy atom. The maximum atomic E-state index is 5.99. The summed E-state index contributed by atoms with van der Waals surface area (Å²) in [5.74, 6) is 3.13. The minimum Gasteiger partial charge on any atom is -0.471 e. The van der Waals surface area contributed by atoms with E-state index in [1.54, 1.807) is 22.1 Å². The molecule has 0 aliphatic rings. The molecule has 0 radical (unpaired) electrons. The first-order valence-electron chi connectivity index (χ1n) is 10.6. The minimum atomic E-state index is 0.307. The van der Waals surface area contributed by atoms with Crippen LogP contribution in [-0.4, -0.2) is 34.7 Å². The molecule has 1 aromatic carbocycles. The van der Waals surface area contributed by atoms with E-state index in [4.69, 9.17) is 4.74 Å². The zero-order valence-corrected chi connectivity index (χ0v) is 19.7. The average molecular weight is 458 g/mol. The van der Waals surface area contributed by atoms with Crippen LogP contribution < -0.4 is 4.74 Å². The monoisotopic (exact) mass is 457 g/mol. The second-order valence-electron chi connectivity index (χ2n) is 7.80. The SMILES string of the molecule is Cc1nc(OCc2ccc3ccccc3n2)cc(-n2nc(C)nc2Cc2nc(C)sc2C)n1. The van der Waals surface area contributed by atoms with Gasteiger partial charge in [0.25, 0.3) is 0 Å². The quantitative estimate of drug-likeness (QED) is 0.372. The molecule has 0 saturated heterocycles. The number of fused-ring (bicyclic) bond motifs is 1. The van der Waals surface area contributed by atoms with Gasteiger partial charge in [0, 0.05) is 16.3 Å². The van der Waals surface area contributed by atoms with E-state index in [-0.39, 0.29) is 0 Å². The summed E-state index contributed by atoms with van der Waals surface area (Å²) < 4.78 is 7.73. The predicted octanol–water partition coefficient (Wildman–Crippen LogP) is 4.47. The minimum absolute atomic E-state index is 0.307. The fraction of sp³-hybridized carbons (Fsp3) is 0.250. The number of nitrogens with zero attached hydrogens (tertiary/aromatic N) is 7. The number of para-hydroxylation sites is 1. The van der Waals surface area contributed by atoms with Crippen molar-refractivity contribution in [2.45, 2.75) is 40.7 Å². The fourth-order valence-electron chi connectivity index (χ4n) is 3.69. The molecule has 0 bridgehead atoms. The molecule has 9 heteroatoms. The Bertz CT molecular complexity index is 1460. The van der Waals surface area contributed by atoms with E-state index in [1.807, 2.05) is 57.2 Å². The number of thiazole rings is 1. The third-order valence-corrected chi connectivity index (χ3v) is 6.08. The molecule has 0 N–H and O–H groups in total. The van der Waals surface area contributed by atoms with Crippen molar-refractivity contribution in [1.82, 2.24) is 34.7 Å². The van der Waals surface area contributed by atoms with Crippen molar-refractivity contribution in [3.63, 3.8) is 0 Å². The number of pyridine rings is 1. The summed E-state index contributed by atoms with van der Waals surface area (Å²) in [5, 5.41) is 6.71. The molecule has 5 aromatic rings. The van der Waals surface area contributed by atoms with Gasteiger partial charge in [0.15, 0.2) is 5.82 Å². The van der Waals surface area contributed by atoms with Crippen LogP contribution in [0.5, 0.6) is 5.88 Å². The van der Waals surface area contributed by atoms with Crippen molar-refractivity contribution in [1.29, 1.82) is 0 Å². The van der Waals surface area contributed by atoms with E-state index in [0.29, 0.717) is 36.4 Å². The number of benzene rings is 1. The van der Waals surface area contributed by atoms with Crippen LogP contribution in [0.2, 0.25) is 0 Å². The Hall–Kier alpha value is -3.72. The van der Waals surface area contributed by atoms with Gasteiger partial charge in [0.1, 0.15) is 24.1 Å². The van der Waals surface area contributed by atoms with Crippen LogP contribution >= 0.6 is 11.3 Å². The van der Waals surface area contributed by atoms with Crippen LogP contribution in [0.3, 0.4) is 0 Å². The molecule has 166 valence electrons. The van der Waals surface area contributed by atoms with Crippen molar-refractivity contribution in [2.24, 2.45) is 0 Å². The molecule has 8 nitrogen and oxygen atoms in total. The Balaban J connectivity index is 1.41. The van der Waals surface area contributed by atoms with Gasteiger partial charge >= 0.3 is 0 Å². The van der Waals surface area contributed by atoms with Crippen LogP contribution in [-0.2, 0) is 13.0 Å². The number of hydrogen-bond donors (Lipinski definition) is 0. The first kappa shape index (κ1) is 21.1. The van der Waals surface area contributed by atoms with Crippen LogP contribution in [0.4, 0.5) is 0 Å². The number of aromatic nitrogens is 7. The van der Waals surface area contributed by atoms with Gasteiger partial charge in [-0.2, -0.15) is 9.67 Å². The van der Waals surface area contributed by atoms with Crippen LogP contribution in [0.1, 0.15) is 38.7 Å². The van der Waals surface area contributed by atoms with Gasteiger partial charge in [-0.3, -0.25) is 0 Å². The highest BCUT2D eigenvalue weighted by molar-refractivity contribution is 7.11. The normalized spacial score (nSPS) is 11.3. The van der Waals surface area contributed by atoms with E-state index in [2.05, 4.69) is 36.9 Å². The van der Waals surface area contributed by atoms with Gasteiger partial charge in [0.2, 0.25) is 5.88 Å². The average Bonchev–Trinajstić information content (AvgIpc) is 3.32. The number of aryl methyl sites for hydroxylation is 4. The lowest BCUT2D eigenvalue weighted by molar-refractivity contribution is 0.288. The lowest BCUT2D eigenvalue weighted by Gasteiger charge is -2.10. The second-order valence-corrected chi connectivity index (χ2v) is 9.20. The van der Waals surface area contributed by atoms with Crippen LogP contribution in [0.25, 0.3) is 16.7 Å². The van der Waals surface area contributed by atoms with E-state index in [9.17, 15) is 0 Å². The molecule has 4 heterocycles. The first-order valence-corrected chi connectivity index (χ1v) is 11.5. The number of ether oxygens (including phenoxy) is 1. The zero-order chi connectivity index (χ0) is 22.9. The zero-order valence-electron chi connectivity index (χ0n) is 18.9. The third kappa shape index (κ3) is 4.58. The summed E-state index contributed by atoms with van der Waals surface area (Å²) in [6.45, 7) is 8.10. The van der Waals surface area contributed by atoms with Crippen molar-refractivity contribution in [3.8, 4) is 11.7 Å². The Morgan fingerprint density at radius 1 is 0.879 bits per heavy atom. The molecule has 0 atom stereocenters. The van der Waals surface area contributed by atoms with Crippen LogP contribution in [0.15, 0.2) is 42.5 Å². The van der Waals surface area contributed by atoms with Crippen LogP contribution in [0, 0.1) is 27.7 Å². The van der Waals surface area contributed by atoms with E-state index < -0.39 is 0 Å². The van der Waals surface area contributed by atoms with Gasteiger partial charge in [-0.25, -0.2) is 19.9 Å². The van der Waals surface area contributed by atoms with Crippen molar-refractivity contribution < 1.29 is 4.74 Å². The van der Waals surface area contributed by atoms with Crippen molar-refractivity contribution >= 4 is 22.2 Å². The largest absolute Gasteiger partial charge is 0.471 e. The summed E-state index contributed by atoms with van der Waals surface area (Å²) in [5.41, 5.74) is 2.78. The highest BCUT2D eigenvalue weighted by Gasteiger charge is 2.16. The summed E-state index contributed by atoms with van der Waals surface area (Å²) in [6.07, 6.45) is 0.581. The van der Waals surface area contributed by atoms with Gasteiger partial charge < -0.3 is 4.74 Å². The maximum absolute atomic E-state index is 5.99.